The number of sulfonamides is 1. The van der Waals surface area contributed by atoms with Crippen molar-refractivity contribution < 1.29 is 13.2 Å². The highest BCUT2D eigenvalue weighted by Gasteiger charge is 2.33. The highest BCUT2D eigenvalue weighted by molar-refractivity contribution is 7.89. The van der Waals surface area contributed by atoms with E-state index >= 15 is 0 Å². The topological polar surface area (TPSA) is 116 Å². The number of aromatic amines is 1. The van der Waals surface area contributed by atoms with Gasteiger partial charge < -0.3 is 9.88 Å². The molecule has 0 aliphatic carbocycles. The second-order valence-corrected chi connectivity index (χ2v) is 9.87. The van der Waals surface area contributed by atoms with E-state index in [2.05, 4.69) is 15.0 Å². The van der Waals surface area contributed by atoms with Gasteiger partial charge in [-0.05, 0) is 38.3 Å². The van der Waals surface area contributed by atoms with Crippen molar-refractivity contribution >= 4 is 15.9 Å². The highest BCUT2D eigenvalue weighted by atomic mass is 32.2. The lowest BCUT2D eigenvalue weighted by Crippen LogP contribution is -2.43. The summed E-state index contributed by atoms with van der Waals surface area (Å²) in [7, 11) is -3.37. The monoisotopic (exact) mass is 431 g/mol. The molecule has 1 N–H and O–H groups in total. The van der Waals surface area contributed by atoms with Crippen LogP contribution in [0.25, 0.3) is 0 Å². The number of hydrogen-bond acceptors (Lipinski definition) is 6. The lowest BCUT2D eigenvalue weighted by molar-refractivity contribution is 0.0598. The van der Waals surface area contributed by atoms with E-state index in [0.29, 0.717) is 48.6 Å². The molecule has 2 aliphatic heterocycles. The van der Waals surface area contributed by atoms with Crippen LogP contribution in [0.4, 0.5) is 0 Å². The summed E-state index contributed by atoms with van der Waals surface area (Å²) in [6, 6.07) is 3.13. The molecule has 0 radical (unpaired) electrons. The Labute approximate surface area is 175 Å². The molecule has 2 aromatic heterocycles. The van der Waals surface area contributed by atoms with Gasteiger partial charge in [0.1, 0.15) is 5.82 Å². The van der Waals surface area contributed by atoms with Gasteiger partial charge in [0.05, 0.1) is 28.6 Å². The molecular weight excluding hydrogens is 406 g/mol. The number of nitrogens with one attached hydrogen (secondary N) is 1. The van der Waals surface area contributed by atoms with Crippen LogP contribution in [-0.4, -0.2) is 57.3 Å². The summed E-state index contributed by atoms with van der Waals surface area (Å²) in [6.45, 7) is 2.52. The van der Waals surface area contributed by atoms with Crippen LogP contribution in [0, 0.1) is 0 Å². The van der Waals surface area contributed by atoms with Gasteiger partial charge in [-0.2, -0.15) is 4.31 Å². The normalized spacial score (nSPS) is 20.0. The number of likely N-dealkylation sites (tertiary alicyclic amines) is 1. The predicted octanol–water partition coefficient (Wildman–Crippen LogP) is 1.24. The Balaban J connectivity index is 1.65. The molecule has 0 unspecified atom stereocenters. The first-order valence-corrected chi connectivity index (χ1v) is 11.8. The van der Waals surface area contributed by atoms with E-state index in [1.165, 1.54) is 4.31 Å². The minimum atomic E-state index is -3.37. The SMILES string of the molecule is CCS(=O)(=O)N1CCc2nc([C@H]3CCCCN3C(=O)c3cccnc3)[nH]c(=O)c2C1. The molecule has 2 aromatic rings. The van der Waals surface area contributed by atoms with Crippen LogP contribution in [0.15, 0.2) is 29.3 Å². The minimum Gasteiger partial charge on any atom is -0.328 e. The second-order valence-electron chi connectivity index (χ2n) is 7.61. The molecule has 1 saturated heterocycles. The standard InChI is InChI=1S/C20H25N5O4S/c1-2-30(28,29)24-11-8-16-15(13-24)19(26)23-18(22-16)17-7-3-4-10-25(17)20(27)14-6-5-9-21-12-14/h5-6,9,12,17H,2-4,7-8,10-11,13H2,1H3,(H,22,23,26)/t17-/m1/s1. The zero-order valence-corrected chi connectivity index (χ0v) is 17.7. The number of piperidine rings is 1. The van der Waals surface area contributed by atoms with Crippen molar-refractivity contribution in [1.29, 1.82) is 0 Å². The highest BCUT2D eigenvalue weighted by Crippen LogP contribution is 2.30. The maximum absolute atomic E-state index is 13.0. The number of fused-ring (bicyclic) bond motifs is 1. The summed E-state index contributed by atoms with van der Waals surface area (Å²) in [5, 5.41) is 0. The average Bonchev–Trinajstić information content (AvgIpc) is 2.79. The van der Waals surface area contributed by atoms with Gasteiger partial charge in [0.2, 0.25) is 10.0 Å². The summed E-state index contributed by atoms with van der Waals surface area (Å²) in [5.74, 6) is 0.343. The van der Waals surface area contributed by atoms with E-state index in [-0.39, 0.29) is 29.8 Å². The Morgan fingerprint density at radius 1 is 1.30 bits per heavy atom. The number of carbonyl (C=O) groups excluding carboxylic acids is 1. The molecule has 0 spiro atoms. The first kappa shape index (κ1) is 20.7. The molecule has 0 aromatic carbocycles. The number of rotatable bonds is 4. The molecule has 30 heavy (non-hydrogen) atoms. The predicted molar refractivity (Wildman–Crippen MR) is 110 cm³/mol. The van der Waals surface area contributed by atoms with Crippen molar-refractivity contribution in [2.75, 3.05) is 18.8 Å². The second kappa shape index (κ2) is 8.27. The Kier molecular flexibility index (Phi) is 5.70. The van der Waals surface area contributed by atoms with Crippen molar-refractivity contribution in [3.8, 4) is 0 Å². The Morgan fingerprint density at radius 2 is 2.13 bits per heavy atom. The fourth-order valence-electron chi connectivity index (χ4n) is 4.11. The molecule has 10 heteroatoms. The van der Waals surface area contributed by atoms with Gasteiger partial charge in [0.25, 0.3) is 11.5 Å². The number of amides is 1. The molecule has 0 bridgehead atoms. The quantitative estimate of drug-likeness (QED) is 0.779. The number of hydrogen-bond donors (Lipinski definition) is 1. The molecule has 2 aliphatic rings. The van der Waals surface area contributed by atoms with Gasteiger partial charge in [-0.15, -0.1) is 0 Å². The number of nitrogens with zero attached hydrogens (tertiary/aromatic N) is 4. The lowest BCUT2D eigenvalue weighted by Gasteiger charge is -2.35. The lowest BCUT2D eigenvalue weighted by atomic mass is 9.99. The smallest absolute Gasteiger partial charge is 0.256 e. The third kappa shape index (κ3) is 3.89. The zero-order valence-electron chi connectivity index (χ0n) is 16.9. The Bertz CT molecular complexity index is 1100. The third-order valence-electron chi connectivity index (χ3n) is 5.80. The zero-order chi connectivity index (χ0) is 21.3. The maximum atomic E-state index is 13.0. The van der Waals surface area contributed by atoms with Gasteiger partial charge in [-0.25, -0.2) is 13.4 Å². The molecule has 1 fully saturated rings. The van der Waals surface area contributed by atoms with Gasteiger partial charge in [-0.3, -0.25) is 14.6 Å². The maximum Gasteiger partial charge on any atom is 0.256 e. The van der Waals surface area contributed by atoms with Crippen LogP contribution in [0.2, 0.25) is 0 Å². The largest absolute Gasteiger partial charge is 0.328 e. The molecule has 9 nitrogen and oxygen atoms in total. The Morgan fingerprint density at radius 3 is 2.87 bits per heavy atom. The van der Waals surface area contributed by atoms with Crippen LogP contribution in [-0.2, 0) is 23.0 Å². The minimum absolute atomic E-state index is 0.000755. The summed E-state index contributed by atoms with van der Waals surface area (Å²) in [6.07, 6.45) is 6.08. The fraction of sp³-hybridized carbons (Fsp3) is 0.500. The molecule has 0 saturated carbocycles. The van der Waals surface area contributed by atoms with E-state index in [9.17, 15) is 18.0 Å². The van der Waals surface area contributed by atoms with E-state index in [4.69, 9.17) is 0 Å². The molecular formula is C20H25N5O4S. The molecule has 4 rings (SSSR count). The Hall–Kier alpha value is -2.59. The van der Waals surface area contributed by atoms with Crippen LogP contribution < -0.4 is 5.56 Å². The number of carbonyl (C=O) groups is 1. The molecule has 1 atom stereocenters. The molecule has 4 heterocycles. The van der Waals surface area contributed by atoms with Crippen molar-refractivity contribution in [3.63, 3.8) is 0 Å². The number of aromatic nitrogens is 3. The van der Waals surface area contributed by atoms with Crippen LogP contribution in [0.1, 0.15) is 59.7 Å². The van der Waals surface area contributed by atoms with Gasteiger partial charge in [0.15, 0.2) is 0 Å². The van der Waals surface area contributed by atoms with Crippen LogP contribution in [0.5, 0.6) is 0 Å². The molecule has 1 amide bonds. The summed E-state index contributed by atoms with van der Waals surface area (Å²) < 4.78 is 25.7. The first-order valence-electron chi connectivity index (χ1n) is 10.2. The number of H-pyrrole nitrogens is 1. The third-order valence-corrected chi connectivity index (χ3v) is 7.63. The van der Waals surface area contributed by atoms with Gasteiger partial charge in [-0.1, -0.05) is 0 Å². The summed E-state index contributed by atoms with van der Waals surface area (Å²) in [4.78, 5) is 39.1. The van der Waals surface area contributed by atoms with Crippen molar-refractivity contribution in [2.45, 2.75) is 45.2 Å². The van der Waals surface area contributed by atoms with E-state index < -0.39 is 10.0 Å². The van der Waals surface area contributed by atoms with Crippen molar-refractivity contribution in [2.24, 2.45) is 0 Å². The van der Waals surface area contributed by atoms with Crippen molar-refractivity contribution in [1.82, 2.24) is 24.2 Å². The molecule has 160 valence electrons. The van der Waals surface area contributed by atoms with E-state index in [0.717, 1.165) is 12.8 Å². The van der Waals surface area contributed by atoms with Gasteiger partial charge in [0, 0.05) is 38.4 Å². The van der Waals surface area contributed by atoms with Crippen molar-refractivity contribution in [3.05, 3.63) is 57.5 Å². The van der Waals surface area contributed by atoms with Crippen LogP contribution in [0.3, 0.4) is 0 Å². The average molecular weight is 432 g/mol. The summed E-state index contributed by atoms with van der Waals surface area (Å²) >= 11 is 0. The van der Waals surface area contributed by atoms with E-state index in [1.807, 2.05) is 0 Å². The van der Waals surface area contributed by atoms with E-state index in [1.54, 1.807) is 36.4 Å². The fourth-order valence-corrected chi connectivity index (χ4v) is 5.17. The first-order chi connectivity index (χ1) is 14.4. The van der Waals surface area contributed by atoms with Gasteiger partial charge >= 0.3 is 0 Å². The van der Waals surface area contributed by atoms with Crippen LogP contribution >= 0.6 is 0 Å². The summed E-state index contributed by atoms with van der Waals surface area (Å²) in [5.41, 5.74) is 1.19. The number of pyridine rings is 1.